The monoisotopic (exact) mass is 384 g/mol. The van der Waals surface area contributed by atoms with Gasteiger partial charge in [-0.15, -0.1) is 0 Å². The van der Waals surface area contributed by atoms with Gasteiger partial charge in [-0.1, -0.05) is 6.07 Å². The molecular weight excluding hydrogens is 361 g/mol. The molecule has 3 rings (SSSR count). The lowest BCUT2D eigenvalue weighted by Gasteiger charge is -2.29. The highest BCUT2D eigenvalue weighted by molar-refractivity contribution is 5.85. The zero-order valence-corrected chi connectivity index (χ0v) is 15.0. The van der Waals surface area contributed by atoms with Gasteiger partial charge in [0.25, 0.3) is 0 Å². The van der Waals surface area contributed by atoms with Crippen LogP contribution in [0.3, 0.4) is 0 Å². The van der Waals surface area contributed by atoms with E-state index in [1.807, 2.05) is 0 Å². The molecule has 2 saturated heterocycles. The molecular formula is C18H23F3N4O2. The van der Waals surface area contributed by atoms with E-state index in [2.05, 4.69) is 4.98 Å². The maximum absolute atomic E-state index is 12.9. The lowest BCUT2D eigenvalue weighted by Crippen LogP contribution is -2.45. The first-order valence-electron chi connectivity index (χ1n) is 9.19. The minimum atomic E-state index is -4.48. The van der Waals surface area contributed by atoms with E-state index in [1.165, 1.54) is 6.07 Å². The average molecular weight is 384 g/mol. The van der Waals surface area contributed by atoms with Crippen LogP contribution in [-0.4, -0.2) is 65.9 Å². The van der Waals surface area contributed by atoms with Gasteiger partial charge in [-0.25, -0.2) is 4.98 Å². The highest BCUT2D eigenvalue weighted by atomic mass is 19.4. The fraction of sp³-hybridized carbons (Fsp3) is 0.611. The van der Waals surface area contributed by atoms with Crippen LogP contribution in [0.5, 0.6) is 0 Å². The SMILES string of the molecule is O=C(CN1CCCCC1=O)N1CCCN(c2cccc(C(F)(F)F)n2)CC1. The van der Waals surface area contributed by atoms with Crippen molar-refractivity contribution in [2.24, 2.45) is 0 Å². The second-order valence-electron chi connectivity index (χ2n) is 6.87. The fourth-order valence-electron chi connectivity index (χ4n) is 3.45. The van der Waals surface area contributed by atoms with Gasteiger partial charge in [-0.2, -0.15) is 13.2 Å². The molecule has 148 valence electrons. The molecule has 2 aliphatic rings. The van der Waals surface area contributed by atoms with E-state index >= 15 is 0 Å². The molecule has 2 amide bonds. The first-order valence-corrected chi connectivity index (χ1v) is 9.19. The van der Waals surface area contributed by atoms with Gasteiger partial charge < -0.3 is 14.7 Å². The Morgan fingerprint density at radius 1 is 1.04 bits per heavy atom. The summed E-state index contributed by atoms with van der Waals surface area (Å²) in [6.07, 6.45) is -1.58. The van der Waals surface area contributed by atoms with Crippen LogP contribution in [0.15, 0.2) is 18.2 Å². The normalized spacial score (nSPS) is 19.2. The van der Waals surface area contributed by atoms with E-state index in [1.54, 1.807) is 20.8 Å². The van der Waals surface area contributed by atoms with Gasteiger partial charge in [0.1, 0.15) is 11.5 Å². The van der Waals surface area contributed by atoms with Crippen molar-refractivity contribution >= 4 is 17.6 Å². The molecule has 0 aromatic carbocycles. The summed E-state index contributed by atoms with van der Waals surface area (Å²) in [5.74, 6) is 0.175. The van der Waals surface area contributed by atoms with Crippen molar-refractivity contribution in [2.75, 3.05) is 44.2 Å². The maximum atomic E-state index is 12.9. The minimum Gasteiger partial charge on any atom is -0.355 e. The van der Waals surface area contributed by atoms with Gasteiger partial charge in [-0.3, -0.25) is 9.59 Å². The van der Waals surface area contributed by atoms with Crippen LogP contribution in [0.25, 0.3) is 0 Å². The average Bonchev–Trinajstić information content (AvgIpc) is 2.89. The van der Waals surface area contributed by atoms with E-state index < -0.39 is 11.9 Å². The van der Waals surface area contributed by atoms with Crippen molar-refractivity contribution in [3.05, 3.63) is 23.9 Å². The number of hydrogen-bond donors (Lipinski definition) is 0. The molecule has 2 aliphatic heterocycles. The largest absolute Gasteiger partial charge is 0.433 e. The summed E-state index contributed by atoms with van der Waals surface area (Å²) in [6.45, 7) is 2.56. The Balaban J connectivity index is 1.60. The molecule has 0 radical (unpaired) electrons. The first kappa shape index (κ1) is 19.4. The van der Waals surface area contributed by atoms with Crippen LogP contribution < -0.4 is 4.90 Å². The van der Waals surface area contributed by atoms with Gasteiger partial charge >= 0.3 is 6.18 Å². The number of alkyl halides is 3. The highest BCUT2D eigenvalue weighted by Crippen LogP contribution is 2.29. The van der Waals surface area contributed by atoms with Gasteiger partial charge in [0.15, 0.2) is 0 Å². The third kappa shape index (κ3) is 4.90. The summed E-state index contributed by atoms with van der Waals surface area (Å²) in [4.78, 5) is 33.2. The second-order valence-corrected chi connectivity index (χ2v) is 6.87. The molecule has 0 bridgehead atoms. The lowest BCUT2D eigenvalue weighted by atomic mass is 10.1. The number of aromatic nitrogens is 1. The Kier molecular flexibility index (Phi) is 5.86. The van der Waals surface area contributed by atoms with Crippen LogP contribution in [0, 0.1) is 0 Å². The molecule has 6 nitrogen and oxygen atoms in total. The number of carbonyl (C=O) groups excluding carboxylic acids is 2. The quantitative estimate of drug-likeness (QED) is 0.801. The summed E-state index contributed by atoms with van der Waals surface area (Å²) in [6, 6.07) is 3.85. The molecule has 9 heteroatoms. The molecule has 1 aromatic rings. The molecule has 0 aliphatic carbocycles. The molecule has 27 heavy (non-hydrogen) atoms. The molecule has 0 spiro atoms. The number of amides is 2. The Hall–Kier alpha value is -2.32. The van der Waals surface area contributed by atoms with E-state index in [0.717, 1.165) is 18.9 Å². The third-order valence-corrected chi connectivity index (χ3v) is 4.94. The number of rotatable bonds is 3. The lowest BCUT2D eigenvalue weighted by molar-refractivity contribution is -0.141. The van der Waals surface area contributed by atoms with E-state index in [0.29, 0.717) is 45.6 Å². The standard InChI is InChI=1S/C18H23F3N4O2/c19-18(20,21)14-5-3-6-15(22-14)23-9-4-10-24(12-11-23)17(27)13-25-8-2-1-7-16(25)26/h3,5-6H,1-2,4,7-13H2. The Labute approximate surface area is 155 Å². The summed E-state index contributed by atoms with van der Waals surface area (Å²) < 4.78 is 38.6. The van der Waals surface area contributed by atoms with Gasteiger partial charge in [0, 0.05) is 39.1 Å². The highest BCUT2D eigenvalue weighted by Gasteiger charge is 2.33. The fourth-order valence-corrected chi connectivity index (χ4v) is 3.45. The molecule has 0 saturated carbocycles. The predicted octanol–water partition coefficient (Wildman–Crippen LogP) is 2.15. The van der Waals surface area contributed by atoms with Crippen molar-refractivity contribution in [2.45, 2.75) is 31.9 Å². The first-order chi connectivity index (χ1) is 12.8. The predicted molar refractivity (Wildman–Crippen MR) is 93.1 cm³/mol. The summed E-state index contributed by atoms with van der Waals surface area (Å²) in [7, 11) is 0. The molecule has 1 aromatic heterocycles. The number of pyridine rings is 1. The molecule has 0 unspecified atom stereocenters. The van der Waals surface area contributed by atoms with Crippen LogP contribution in [0.1, 0.15) is 31.4 Å². The molecule has 3 heterocycles. The number of piperidine rings is 1. The van der Waals surface area contributed by atoms with Crippen molar-refractivity contribution in [1.82, 2.24) is 14.8 Å². The topological polar surface area (TPSA) is 56.8 Å². The maximum Gasteiger partial charge on any atom is 0.433 e. The number of hydrogen-bond acceptors (Lipinski definition) is 4. The van der Waals surface area contributed by atoms with Crippen molar-refractivity contribution < 1.29 is 22.8 Å². The number of likely N-dealkylation sites (tertiary alicyclic amines) is 1. The van der Waals surface area contributed by atoms with Gasteiger partial charge in [0.05, 0.1) is 6.54 Å². The number of halogens is 3. The smallest absolute Gasteiger partial charge is 0.355 e. The second kappa shape index (κ2) is 8.14. The van der Waals surface area contributed by atoms with Crippen molar-refractivity contribution in [3.8, 4) is 0 Å². The molecule has 0 atom stereocenters. The summed E-state index contributed by atoms with van der Waals surface area (Å²) in [5, 5.41) is 0. The van der Waals surface area contributed by atoms with Crippen molar-refractivity contribution in [3.63, 3.8) is 0 Å². The zero-order valence-electron chi connectivity index (χ0n) is 15.0. The minimum absolute atomic E-state index is 0.0132. The van der Waals surface area contributed by atoms with E-state index in [9.17, 15) is 22.8 Å². The van der Waals surface area contributed by atoms with E-state index in [4.69, 9.17) is 0 Å². The Morgan fingerprint density at radius 2 is 1.85 bits per heavy atom. The molecule has 0 N–H and O–H groups in total. The third-order valence-electron chi connectivity index (χ3n) is 4.94. The number of carbonyl (C=O) groups is 2. The van der Waals surface area contributed by atoms with Crippen LogP contribution in [-0.2, 0) is 15.8 Å². The summed E-state index contributed by atoms with van der Waals surface area (Å²) in [5.41, 5.74) is -0.916. The van der Waals surface area contributed by atoms with E-state index in [-0.39, 0.29) is 24.2 Å². The number of anilines is 1. The van der Waals surface area contributed by atoms with Crippen LogP contribution in [0.4, 0.5) is 19.0 Å². The summed E-state index contributed by atoms with van der Waals surface area (Å²) >= 11 is 0. The zero-order chi connectivity index (χ0) is 19.4. The number of nitrogens with zero attached hydrogens (tertiary/aromatic N) is 4. The Morgan fingerprint density at radius 3 is 2.59 bits per heavy atom. The van der Waals surface area contributed by atoms with Crippen LogP contribution >= 0.6 is 0 Å². The molecule has 2 fully saturated rings. The Bertz CT molecular complexity index is 695. The van der Waals surface area contributed by atoms with Crippen LogP contribution in [0.2, 0.25) is 0 Å². The van der Waals surface area contributed by atoms with Crippen molar-refractivity contribution in [1.29, 1.82) is 0 Å². The van der Waals surface area contributed by atoms with Gasteiger partial charge in [0.2, 0.25) is 11.8 Å². The van der Waals surface area contributed by atoms with Gasteiger partial charge in [-0.05, 0) is 31.4 Å².